The molecule has 0 N–H and O–H groups in total. The van der Waals surface area contributed by atoms with Crippen LogP contribution < -0.4 is 14.4 Å². The summed E-state index contributed by atoms with van der Waals surface area (Å²) in [5.41, 5.74) is 4.57. The molecule has 0 saturated heterocycles. The number of esters is 1. The molecule has 0 aromatic heterocycles. The van der Waals surface area contributed by atoms with Crippen molar-refractivity contribution >= 4 is 40.3 Å². The lowest BCUT2D eigenvalue weighted by Crippen LogP contribution is -2.60. The van der Waals surface area contributed by atoms with Crippen molar-refractivity contribution in [1.82, 2.24) is 0 Å². The number of non-ortho nitro benzene ring substituents is 1. The van der Waals surface area contributed by atoms with E-state index in [1.165, 1.54) is 22.9 Å². The van der Waals surface area contributed by atoms with Gasteiger partial charge in [0, 0.05) is 45.6 Å². The number of carbonyl (C=O) groups excluding carboxylic acids is 1. The van der Waals surface area contributed by atoms with E-state index in [0.29, 0.717) is 23.4 Å². The first kappa shape index (κ1) is 37.0. The SMILES string of the molecule is C1=CC(c2ccccc2)(c2ccccc2)Oc2ccc3ccccc3c21.C=C(C)C(=O)OCCN1c2ccccc2C(C)(C)C12C=Cc1cc([N+](=O)[O-])ccc1O2. The Kier molecular flexibility index (Phi) is 9.49. The predicted molar refractivity (Wildman–Crippen MR) is 225 cm³/mol. The van der Waals surface area contributed by atoms with Gasteiger partial charge in [0.05, 0.1) is 16.9 Å². The maximum absolute atomic E-state index is 11.9. The first-order valence-corrected chi connectivity index (χ1v) is 18.9. The van der Waals surface area contributed by atoms with E-state index < -0.39 is 27.6 Å². The van der Waals surface area contributed by atoms with Crippen LogP contribution in [0.25, 0.3) is 22.9 Å². The van der Waals surface area contributed by atoms with E-state index >= 15 is 0 Å². The van der Waals surface area contributed by atoms with E-state index in [1.807, 2.05) is 42.5 Å². The molecule has 8 heteroatoms. The van der Waals surface area contributed by atoms with E-state index in [2.05, 4.69) is 128 Å². The van der Waals surface area contributed by atoms with Crippen LogP contribution in [0, 0.1) is 10.1 Å². The van der Waals surface area contributed by atoms with Crippen LogP contribution in [-0.4, -0.2) is 29.8 Å². The highest BCUT2D eigenvalue weighted by atomic mass is 16.6. The molecule has 1 unspecified atom stereocenters. The number of nitro groups is 1. The fraction of sp³-hybridized carbons (Fsp3) is 0.163. The molecule has 284 valence electrons. The molecule has 1 spiro atoms. The van der Waals surface area contributed by atoms with Gasteiger partial charge in [-0.05, 0) is 79.6 Å². The van der Waals surface area contributed by atoms with Crippen molar-refractivity contribution in [3.8, 4) is 11.5 Å². The second-order valence-electron chi connectivity index (χ2n) is 14.9. The van der Waals surface area contributed by atoms with Crippen molar-refractivity contribution in [2.45, 2.75) is 37.5 Å². The number of benzene rings is 6. The summed E-state index contributed by atoms with van der Waals surface area (Å²) in [6.45, 7) is 10.0. The molecular formula is C49H42N2O6. The summed E-state index contributed by atoms with van der Waals surface area (Å²) < 4.78 is 18.7. The number of fused-ring (bicyclic) bond motifs is 5. The standard InChI is InChI=1S/C25H18O.C24H24N2O5/c1-3-10-20(11-4-1)25(21-12-5-2-6-13-21)18-17-23-22-14-8-7-9-19(22)15-16-24(23)26-25;1-16(2)22(27)30-14-13-25-20-8-6-5-7-19(20)23(3,4)24(25)12-11-17-15-18(26(28)29)9-10-21(17)31-24/h1-18H;5-12,15H,1,13-14H2,2-4H3. The van der Waals surface area contributed by atoms with Gasteiger partial charge in [-0.1, -0.05) is 116 Å². The first-order chi connectivity index (χ1) is 27.5. The van der Waals surface area contributed by atoms with Crippen LogP contribution in [0.1, 0.15) is 48.6 Å². The Morgan fingerprint density at radius 3 is 2.12 bits per heavy atom. The van der Waals surface area contributed by atoms with Crippen molar-refractivity contribution in [3.63, 3.8) is 0 Å². The third kappa shape index (κ3) is 6.43. The van der Waals surface area contributed by atoms with Gasteiger partial charge in [-0.2, -0.15) is 0 Å². The van der Waals surface area contributed by atoms with Crippen LogP contribution in [0.3, 0.4) is 0 Å². The lowest BCUT2D eigenvalue weighted by atomic mass is 9.76. The fourth-order valence-electron chi connectivity index (χ4n) is 8.14. The van der Waals surface area contributed by atoms with E-state index in [9.17, 15) is 14.9 Å². The van der Waals surface area contributed by atoms with E-state index in [4.69, 9.17) is 14.2 Å². The molecule has 3 heterocycles. The molecule has 1 atom stereocenters. The van der Waals surface area contributed by atoms with E-state index in [-0.39, 0.29) is 12.3 Å². The summed E-state index contributed by atoms with van der Waals surface area (Å²) in [7, 11) is 0. The summed E-state index contributed by atoms with van der Waals surface area (Å²) in [6, 6.07) is 46.1. The molecule has 8 nitrogen and oxygen atoms in total. The smallest absolute Gasteiger partial charge is 0.333 e. The first-order valence-electron chi connectivity index (χ1n) is 18.9. The van der Waals surface area contributed by atoms with E-state index in [1.54, 1.807) is 13.0 Å². The van der Waals surface area contributed by atoms with Crippen molar-refractivity contribution < 1.29 is 23.9 Å². The number of anilines is 1. The highest BCUT2D eigenvalue weighted by molar-refractivity contribution is 5.94. The van der Waals surface area contributed by atoms with Crippen molar-refractivity contribution in [1.29, 1.82) is 0 Å². The second-order valence-corrected chi connectivity index (χ2v) is 14.9. The molecule has 3 aliphatic rings. The van der Waals surface area contributed by atoms with Gasteiger partial charge in [0.1, 0.15) is 18.1 Å². The van der Waals surface area contributed by atoms with Gasteiger partial charge in [0.25, 0.3) is 5.69 Å². The van der Waals surface area contributed by atoms with Gasteiger partial charge < -0.3 is 19.1 Å². The largest absolute Gasteiger partial charge is 0.473 e. The Morgan fingerprint density at radius 2 is 1.42 bits per heavy atom. The topological polar surface area (TPSA) is 91.1 Å². The highest BCUT2D eigenvalue weighted by Crippen LogP contribution is 2.55. The third-order valence-corrected chi connectivity index (χ3v) is 11.1. The monoisotopic (exact) mass is 754 g/mol. The normalized spacial score (nSPS) is 17.6. The molecule has 57 heavy (non-hydrogen) atoms. The third-order valence-electron chi connectivity index (χ3n) is 11.1. The molecule has 6 aromatic carbocycles. The molecule has 9 rings (SSSR count). The van der Waals surface area contributed by atoms with Gasteiger partial charge in [-0.25, -0.2) is 4.79 Å². The number of nitro benzene ring substituents is 1. The number of para-hydroxylation sites is 1. The van der Waals surface area contributed by atoms with Gasteiger partial charge >= 0.3 is 5.97 Å². The Labute approximate surface area is 332 Å². The van der Waals surface area contributed by atoms with Gasteiger partial charge in [0.2, 0.25) is 5.72 Å². The lowest BCUT2D eigenvalue weighted by Gasteiger charge is -2.47. The summed E-state index contributed by atoms with van der Waals surface area (Å²) in [5.74, 6) is 1.05. The molecule has 0 bridgehead atoms. The fourth-order valence-corrected chi connectivity index (χ4v) is 8.14. The van der Waals surface area contributed by atoms with Crippen LogP contribution in [0.15, 0.2) is 164 Å². The molecule has 3 aliphatic heterocycles. The van der Waals surface area contributed by atoms with Crippen molar-refractivity contribution in [2.75, 3.05) is 18.1 Å². The van der Waals surface area contributed by atoms with Gasteiger partial charge in [-0.15, -0.1) is 0 Å². The average molecular weight is 755 g/mol. The van der Waals surface area contributed by atoms with Crippen LogP contribution >= 0.6 is 0 Å². The quantitative estimate of drug-likeness (QED) is 0.0693. The summed E-state index contributed by atoms with van der Waals surface area (Å²) in [4.78, 5) is 24.7. The molecule has 0 fully saturated rings. The zero-order valence-corrected chi connectivity index (χ0v) is 32.1. The minimum Gasteiger partial charge on any atom is -0.473 e. The summed E-state index contributed by atoms with van der Waals surface area (Å²) >= 11 is 0. The average Bonchev–Trinajstić information content (AvgIpc) is 3.42. The van der Waals surface area contributed by atoms with Gasteiger partial charge in [0.15, 0.2) is 5.60 Å². The Bertz CT molecular complexity index is 2540. The van der Waals surface area contributed by atoms with Gasteiger partial charge in [-0.3, -0.25) is 10.1 Å². The Morgan fingerprint density at radius 1 is 0.772 bits per heavy atom. The maximum atomic E-state index is 11.9. The molecule has 0 saturated carbocycles. The minimum atomic E-state index is -0.880. The highest BCUT2D eigenvalue weighted by Gasteiger charge is 2.58. The van der Waals surface area contributed by atoms with Crippen LogP contribution in [-0.2, 0) is 20.5 Å². The Balaban J connectivity index is 0.000000162. The lowest BCUT2D eigenvalue weighted by molar-refractivity contribution is -0.384. The van der Waals surface area contributed by atoms with E-state index in [0.717, 1.165) is 33.7 Å². The number of hydrogen-bond donors (Lipinski definition) is 0. The van der Waals surface area contributed by atoms with Crippen molar-refractivity contribution in [2.24, 2.45) is 0 Å². The Hall–Kier alpha value is -6.93. The number of hydrogen-bond acceptors (Lipinski definition) is 7. The van der Waals surface area contributed by atoms with Crippen LogP contribution in [0.4, 0.5) is 11.4 Å². The van der Waals surface area contributed by atoms with Crippen LogP contribution in [0.2, 0.25) is 0 Å². The zero-order chi connectivity index (χ0) is 39.8. The summed E-state index contributed by atoms with van der Waals surface area (Å²) in [5, 5.41) is 13.6. The van der Waals surface area contributed by atoms with Crippen LogP contribution in [0.5, 0.6) is 11.5 Å². The number of ether oxygens (including phenoxy) is 3. The molecule has 6 aromatic rings. The molecule has 0 aliphatic carbocycles. The summed E-state index contributed by atoms with van der Waals surface area (Å²) in [6.07, 6.45) is 8.21. The number of rotatable bonds is 7. The molecule has 0 radical (unpaired) electrons. The predicted octanol–water partition coefficient (Wildman–Crippen LogP) is 10.8. The zero-order valence-electron chi connectivity index (χ0n) is 32.1. The minimum absolute atomic E-state index is 0.0143. The molecular weight excluding hydrogens is 713 g/mol. The second kappa shape index (κ2) is 14.6. The maximum Gasteiger partial charge on any atom is 0.333 e. The molecule has 0 amide bonds. The number of nitrogens with zero attached hydrogens (tertiary/aromatic N) is 2. The van der Waals surface area contributed by atoms with Crippen molar-refractivity contribution in [3.05, 3.63) is 202 Å². The number of carbonyl (C=O) groups is 1.